The highest BCUT2D eigenvalue weighted by Gasteiger charge is 2.17. The molecule has 0 radical (unpaired) electrons. The number of hydrogen-bond acceptors (Lipinski definition) is 3. The summed E-state index contributed by atoms with van der Waals surface area (Å²) in [7, 11) is 0. The zero-order valence-electron chi connectivity index (χ0n) is 7.61. The number of carboxylic acid groups (broad SMARTS) is 1. The van der Waals surface area contributed by atoms with Crippen LogP contribution in [0.3, 0.4) is 0 Å². The first-order chi connectivity index (χ1) is 7.00. The molecule has 0 spiro atoms. The standard InChI is InChI=1S/C8H6BrN3O3/c1-3-2-4(13)12-7(10-3)5(9)6(11-12)8(14)15/h2,11H,1H3,(H,14,15). The molecule has 15 heavy (non-hydrogen) atoms. The highest BCUT2D eigenvalue weighted by Crippen LogP contribution is 2.19. The summed E-state index contributed by atoms with van der Waals surface area (Å²) < 4.78 is 1.36. The fourth-order valence-electron chi connectivity index (χ4n) is 1.27. The van der Waals surface area contributed by atoms with E-state index in [1.165, 1.54) is 6.07 Å². The topological polar surface area (TPSA) is 87.5 Å². The predicted octanol–water partition coefficient (Wildman–Crippen LogP) is 0.792. The Balaban J connectivity index is 2.94. The van der Waals surface area contributed by atoms with Gasteiger partial charge in [0.2, 0.25) is 0 Å². The van der Waals surface area contributed by atoms with E-state index in [9.17, 15) is 9.59 Å². The fourth-order valence-corrected chi connectivity index (χ4v) is 1.79. The number of carboxylic acids is 1. The molecular weight excluding hydrogens is 266 g/mol. The number of rotatable bonds is 1. The zero-order valence-corrected chi connectivity index (χ0v) is 9.20. The number of aromatic amines is 1. The molecule has 2 heterocycles. The number of hydrogen-bond donors (Lipinski definition) is 2. The summed E-state index contributed by atoms with van der Waals surface area (Å²) in [6, 6.07) is 1.32. The molecule has 0 aliphatic heterocycles. The van der Waals surface area contributed by atoms with Crippen LogP contribution in [0.1, 0.15) is 16.2 Å². The summed E-state index contributed by atoms with van der Waals surface area (Å²) >= 11 is 3.09. The summed E-state index contributed by atoms with van der Waals surface area (Å²) in [5, 5.41) is 11.3. The van der Waals surface area contributed by atoms with Crippen LogP contribution in [0.5, 0.6) is 0 Å². The van der Waals surface area contributed by atoms with E-state index in [2.05, 4.69) is 26.0 Å². The van der Waals surface area contributed by atoms with Gasteiger partial charge in [0.25, 0.3) is 5.56 Å². The predicted molar refractivity (Wildman–Crippen MR) is 55.2 cm³/mol. The monoisotopic (exact) mass is 271 g/mol. The van der Waals surface area contributed by atoms with Crippen molar-refractivity contribution < 1.29 is 9.90 Å². The second-order valence-corrected chi connectivity index (χ2v) is 3.79. The molecule has 0 aromatic carbocycles. The van der Waals surface area contributed by atoms with Crippen LogP contribution in [-0.4, -0.2) is 25.7 Å². The van der Waals surface area contributed by atoms with Crippen molar-refractivity contribution in [2.24, 2.45) is 0 Å². The van der Waals surface area contributed by atoms with Crippen LogP contribution in [-0.2, 0) is 0 Å². The molecule has 0 atom stereocenters. The van der Waals surface area contributed by atoms with Gasteiger partial charge in [-0.3, -0.25) is 9.89 Å². The van der Waals surface area contributed by atoms with Gasteiger partial charge in [-0.2, -0.15) is 4.52 Å². The first-order valence-electron chi connectivity index (χ1n) is 4.02. The average Bonchev–Trinajstić information content (AvgIpc) is 2.44. The van der Waals surface area contributed by atoms with Crippen LogP contribution in [0.25, 0.3) is 5.65 Å². The Labute approximate surface area is 91.7 Å². The number of H-pyrrole nitrogens is 1. The van der Waals surface area contributed by atoms with Gasteiger partial charge in [-0.15, -0.1) is 0 Å². The highest BCUT2D eigenvalue weighted by atomic mass is 79.9. The van der Waals surface area contributed by atoms with Gasteiger partial charge in [0.15, 0.2) is 11.3 Å². The lowest BCUT2D eigenvalue weighted by atomic mass is 10.4. The number of nitrogens with one attached hydrogen (secondary N) is 1. The van der Waals surface area contributed by atoms with Gasteiger partial charge >= 0.3 is 5.97 Å². The quantitative estimate of drug-likeness (QED) is 0.803. The number of nitrogens with zero attached hydrogens (tertiary/aromatic N) is 2. The van der Waals surface area contributed by atoms with Crippen LogP contribution < -0.4 is 5.56 Å². The van der Waals surface area contributed by atoms with Crippen LogP contribution in [0.4, 0.5) is 0 Å². The summed E-state index contributed by atoms with van der Waals surface area (Å²) in [6.07, 6.45) is 0. The van der Waals surface area contributed by atoms with E-state index < -0.39 is 5.97 Å². The number of aryl methyl sites for hydroxylation is 1. The average molecular weight is 272 g/mol. The number of aromatic nitrogens is 3. The third kappa shape index (κ3) is 1.44. The fraction of sp³-hybridized carbons (Fsp3) is 0.125. The maximum atomic E-state index is 11.5. The van der Waals surface area contributed by atoms with Crippen molar-refractivity contribution in [2.75, 3.05) is 0 Å². The minimum absolute atomic E-state index is 0.0924. The van der Waals surface area contributed by atoms with Gasteiger partial charge in [0.05, 0.1) is 4.47 Å². The van der Waals surface area contributed by atoms with Crippen LogP contribution >= 0.6 is 15.9 Å². The van der Waals surface area contributed by atoms with Crippen molar-refractivity contribution in [3.63, 3.8) is 0 Å². The van der Waals surface area contributed by atoms with Gasteiger partial charge in [-0.25, -0.2) is 9.78 Å². The molecule has 0 unspecified atom stereocenters. The molecule has 7 heteroatoms. The third-order valence-corrected chi connectivity index (χ3v) is 2.65. The molecule has 6 nitrogen and oxygen atoms in total. The van der Waals surface area contributed by atoms with Gasteiger partial charge in [0, 0.05) is 11.8 Å². The highest BCUT2D eigenvalue weighted by molar-refractivity contribution is 9.10. The molecular formula is C8H6BrN3O3. The van der Waals surface area contributed by atoms with E-state index in [0.29, 0.717) is 5.69 Å². The molecule has 2 aromatic heterocycles. The molecule has 2 N–H and O–H groups in total. The Morgan fingerprint density at radius 1 is 1.67 bits per heavy atom. The number of halogens is 1. The summed E-state index contributed by atoms with van der Waals surface area (Å²) in [4.78, 5) is 26.3. The number of carbonyl (C=O) groups is 1. The van der Waals surface area contributed by atoms with E-state index in [1.54, 1.807) is 6.92 Å². The van der Waals surface area contributed by atoms with E-state index in [0.717, 1.165) is 4.52 Å². The Morgan fingerprint density at radius 3 is 2.93 bits per heavy atom. The van der Waals surface area contributed by atoms with Crippen LogP contribution in [0.2, 0.25) is 0 Å². The Bertz CT molecular complexity index is 613. The zero-order chi connectivity index (χ0) is 11.2. The minimum Gasteiger partial charge on any atom is -0.476 e. The summed E-state index contributed by atoms with van der Waals surface area (Å²) in [5.74, 6) is -1.15. The van der Waals surface area contributed by atoms with Gasteiger partial charge in [-0.1, -0.05) is 0 Å². The second kappa shape index (κ2) is 3.20. The number of aromatic carboxylic acids is 1. The molecule has 0 amide bonds. The van der Waals surface area contributed by atoms with Gasteiger partial charge in [-0.05, 0) is 22.9 Å². The van der Waals surface area contributed by atoms with Crippen molar-refractivity contribution in [2.45, 2.75) is 6.92 Å². The molecule has 2 rings (SSSR count). The van der Waals surface area contributed by atoms with Crippen molar-refractivity contribution in [1.82, 2.24) is 14.6 Å². The molecule has 2 aromatic rings. The molecule has 0 saturated carbocycles. The maximum Gasteiger partial charge on any atom is 0.355 e. The Kier molecular flexibility index (Phi) is 2.11. The van der Waals surface area contributed by atoms with Crippen LogP contribution in [0, 0.1) is 6.92 Å². The molecule has 0 bridgehead atoms. The van der Waals surface area contributed by atoms with E-state index >= 15 is 0 Å². The maximum absolute atomic E-state index is 11.5. The van der Waals surface area contributed by atoms with Crippen LogP contribution in [0.15, 0.2) is 15.3 Å². The smallest absolute Gasteiger partial charge is 0.355 e. The lowest BCUT2D eigenvalue weighted by Crippen LogP contribution is -2.14. The molecule has 0 aliphatic rings. The summed E-state index contributed by atoms with van der Waals surface area (Å²) in [6.45, 7) is 1.67. The lowest BCUT2D eigenvalue weighted by molar-refractivity contribution is 0.0689. The SMILES string of the molecule is Cc1cc(=O)n2[nH]c(C(=O)O)c(Br)c2n1. The van der Waals surface area contributed by atoms with E-state index in [4.69, 9.17) is 5.11 Å². The normalized spacial score (nSPS) is 10.8. The molecule has 0 saturated heterocycles. The van der Waals surface area contributed by atoms with E-state index in [1.807, 2.05) is 0 Å². The minimum atomic E-state index is -1.15. The Hall–Kier alpha value is -1.63. The lowest BCUT2D eigenvalue weighted by Gasteiger charge is -1.93. The second-order valence-electron chi connectivity index (χ2n) is 3.00. The first-order valence-corrected chi connectivity index (χ1v) is 4.81. The summed E-state index contributed by atoms with van der Waals surface area (Å²) in [5.41, 5.74) is 0.380. The largest absolute Gasteiger partial charge is 0.476 e. The van der Waals surface area contributed by atoms with Crippen molar-refractivity contribution in [3.8, 4) is 0 Å². The number of fused-ring (bicyclic) bond motifs is 1. The molecule has 0 aliphatic carbocycles. The van der Waals surface area contributed by atoms with E-state index in [-0.39, 0.29) is 21.4 Å². The first kappa shape index (κ1) is 9.91. The Morgan fingerprint density at radius 2 is 2.33 bits per heavy atom. The molecule has 78 valence electrons. The van der Waals surface area contributed by atoms with Gasteiger partial charge in [0.1, 0.15) is 0 Å². The van der Waals surface area contributed by atoms with Crippen molar-refractivity contribution >= 4 is 27.5 Å². The van der Waals surface area contributed by atoms with Gasteiger partial charge < -0.3 is 5.11 Å². The van der Waals surface area contributed by atoms with Crippen molar-refractivity contribution in [3.05, 3.63) is 32.3 Å². The van der Waals surface area contributed by atoms with Crippen molar-refractivity contribution in [1.29, 1.82) is 0 Å². The third-order valence-electron chi connectivity index (χ3n) is 1.90. The molecule has 0 fully saturated rings.